The maximum absolute atomic E-state index is 8.37. The Balaban J connectivity index is 2.78. The van der Waals surface area contributed by atoms with Gasteiger partial charge in [-0.25, -0.2) is 0 Å². The zero-order chi connectivity index (χ0) is 10.4. The summed E-state index contributed by atoms with van der Waals surface area (Å²) in [5, 5.41) is 8.37. The van der Waals surface area contributed by atoms with Crippen molar-refractivity contribution in [3.8, 4) is 17.6 Å². The first kappa shape index (κ1) is 10.9. The van der Waals surface area contributed by atoms with E-state index in [0.717, 1.165) is 4.47 Å². The van der Waals surface area contributed by atoms with Crippen molar-refractivity contribution < 1.29 is 9.47 Å². The summed E-state index contributed by atoms with van der Waals surface area (Å²) in [6.07, 6.45) is 0.366. The molecule has 0 aliphatic carbocycles. The zero-order valence-corrected chi connectivity index (χ0v) is 9.37. The highest BCUT2D eigenvalue weighted by atomic mass is 79.9. The third-order valence-electron chi connectivity index (χ3n) is 1.61. The Hall–Kier alpha value is -1.21. The number of rotatable bonds is 4. The molecule has 74 valence electrons. The molecule has 0 radical (unpaired) electrons. The van der Waals surface area contributed by atoms with Crippen molar-refractivity contribution in [2.75, 3.05) is 13.7 Å². The number of halogens is 1. The third-order valence-corrected chi connectivity index (χ3v) is 2.24. The largest absolute Gasteiger partial charge is 0.493 e. The quantitative estimate of drug-likeness (QED) is 0.778. The summed E-state index contributed by atoms with van der Waals surface area (Å²) in [6.45, 7) is 0.371. The number of para-hydroxylation sites is 1. The minimum Gasteiger partial charge on any atom is -0.493 e. The highest BCUT2D eigenvalue weighted by molar-refractivity contribution is 9.10. The molecule has 0 spiro atoms. The summed E-state index contributed by atoms with van der Waals surface area (Å²) in [5.41, 5.74) is 0. The highest BCUT2D eigenvalue weighted by Gasteiger charge is 2.07. The second kappa shape index (κ2) is 5.51. The van der Waals surface area contributed by atoms with Crippen molar-refractivity contribution in [3.05, 3.63) is 22.7 Å². The molecule has 0 aliphatic rings. The second-order valence-electron chi connectivity index (χ2n) is 2.53. The van der Waals surface area contributed by atoms with Gasteiger partial charge < -0.3 is 9.47 Å². The standard InChI is InChI=1S/C10H10BrNO2/c1-13-9-5-2-4-8(11)10(9)14-7-3-6-12/h2,4-5H,3,7H2,1H3. The molecule has 0 unspecified atom stereocenters. The van der Waals surface area contributed by atoms with Crippen molar-refractivity contribution >= 4 is 15.9 Å². The molecule has 1 rings (SSSR count). The van der Waals surface area contributed by atoms with E-state index in [1.807, 2.05) is 24.3 Å². The fourth-order valence-corrected chi connectivity index (χ4v) is 1.45. The van der Waals surface area contributed by atoms with Gasteiger partial charge in [0, 0.05) is 0 Å². The first-order valence-electron chi connectivity index (χ1n) is 4.12. The van der Waals surface area contributed by atoms with Crippen molar-refractivity contribution in [1.29, 1.82) is 5.26 Å². The number of hydrogen-bond acceptors (Lipinski definition) is 3. The van der Waals surface area contributed by atoms with Crippen LogP contribution in [-0.2, 0) is 0 Å². The van der Waals surface area contributed by atoms with Crippen LogP contribution in [0.2, 0.25) is 0 Å². The summed E-state index contributed by atoms with van der Waals surface area (Å²) in [6, 6.07) is 7.55. The Labute approximate surface area is 91.4 Å². The molecule has 1 aromatic rings. The van der Waals surface area contributed by atoms with Gasteiger partial charge in [0.05, 0.1) is 24.1 Å². The van der Waals surface area contributed by atoms with Crippen molar-refractivity contribution in [3.63, 3.8) is 0 Å². The molecule has 0 aromatic heterocycles. The average Bonchev–Trinajstić information content (AvgIpc) is 2.20. The first-order chi connectivity index (χ1) is 6.79. The summed E-state index contributed by atoms with van der Waals surface area (Å²) < 4.78 is 11.4. The molecule has 4 heteroatoms. The topological polar surface area (TPSA) is 42.2 Å². The van der Waals surface area contributed by atoms with Crippen LogP contribution in [0.5, 0.6) is 11.5 Å². The minimum atomic E-state index is 0.366. The van der Waals surface area contributed by atoms with Gasteiger partial charge in [-0.2, -0.15) is 5.26 Å². The van der Waals surface area contributed by atoms with Crippen LogP contribution in [-0.4, -0.2) is 13.7 Å². The zero-order valence-electron chi connectivity index (χ0n) is 7.79. The van der Waals surface area contributed by atoms with Gasteiger partial charge in [-0.05, 0) is 28.1 Å². The van der Waals surface area contributed by atoms with E-state index in [1.54, 1.807) is 7.11 Å². The van der Waals surface area contributed by atoms with E-state index in [4.69, 9.17) is 14.7 Å². The summed E-state index contributed by atoms with van der Waals surface area (Å²) >= 11 is 3.35. The smallest absolute Gasteiger partial charge is 0.175 e. The molecule has 0 saturated heterocycles. The van der Waals surface area contributed by atoms with E-state index in [2.05, 4.69) is 15.9 Å². The highest BCUT2D eigenvalue weighted by Crippen LogP contribution is 2.34. The number of methoxy groups -OCH3 is 1. The third kappa shape index (κ3) is 2.64. The van der Waals surface area contributed by atoms with Crippen molar-refractivity contribution in [2.45, 2.75) is 6.42 Å². The van der Waals surface area contributed by atoms with Gasteiger partial charge in [-0.15, -0.1) is 0 Å². The Morgan fingerprint density at radius 3 is 2.93 bits per heavy atom. The van der Waals surface area contributed by atoms with Crippen LogP contribution < -0.4 is 9.47 Å². The monoisotopic (exact) mass is 255 g/mol. The van der Waals surface area contributed by atoms with Crippen molar-refractivity contribution in [2.24, 2.45) is 0 Å². The number of nitrogens with zero attached hydrogens (tertiary/aromatic N) is 1. The predicted molar refractivity (Wildman–Crippen MR) is 56.4 cm³/mol. The van der Waals surface area contributed by atoms with Gasteiger partial charge in [0.15, 0.2) is 11.5 Å². The molecule has 14 heavy (non-hydrogen) atoms. The Morgan fingerprint density at radius 2 is 2.29 bits per heavy atom. The van der Waals surface area contributed by atoms with Crippen LogP contribution in [0.1, 0.15) is 6.42 Å². The number of hydrogen-bond donors (Lipinski definition) is 0. The molecule has 0 aliphatic heterocycles. The van der Waals surface area contributed by atoms with Crippen LogP contribution in [0.25, 0.3) is 0 Å². The van der Waals surface area contributed by atoms with E-state index in [9.17, 15) is 0 Å². The molecule has 0 heterocycles. The Morgan fingerprint density at radius 1 is 1.50 bits per heavy atom. The van der Waals surface area contributed by atoms with Gasteiger partial charge >= 0.3 is 0 Å². The molecule has 0 N–H and O–H groups in total. The molecule has 0 atom stereocenters. The number of nitriles is 1. The van der Waals surface area contributed by atoms with E-state index in [1.165, 1.54) is 0 Å². The predicted octanol–water partition coefficient (Wildman–Crippen LogP) is 2.75. The molecule has 0 fully saturated rings. The van der Waals surface area contributed by atoms with Crippen molar-refractivity contribution in [1.82, 2.24) is 0 Å². The minimum absolute atomic E-state index is 0.366. The van der Waals surface area contributed by atoms with E-state index in [-0.39, 0.29) is 0 Å². The lowest BCUT2D eigenvalue weighted by Gasteiger charge is -2.10. The van der Waals surface area contributed by atoms with Gasteiger partial charge in [-0.1, -0.05) is 6.07 Å². The van der Waals surface area contributed by atoms with Crippen LogP contribution in [0.15, 0.2) is 22.7 Å². The van der Waals surface area contributed by atoms with Gasteiger partial charge in [-0.3, -0.25) is 0 Å². The lowest BCUT2D eigenvalue weighted by atomic mass is 10.3. The molecule has 1 aromatic carbocycles. The maximum Gasteiger partial charge on any atom is 0.175 e. The van der Waals surface area contributed by atoms with E-state index < -0.39 is 0 Å². The van der Waals surface area contributed by atoms with Crippen LogP contribution in [0.3, 0.4) is 0 Å². The Bertz CT molecular complexity index is 346. The van der Waals surface area contributed by atoms with E-state index >= 15 is 0 Å². The fraction of sp³-hybridized carbons (Fsp3) is 0.300. The molecular formula is C10H10BrNO2. The van der Waals surface area contributed by atoms with Crippen LogP contribution in [0, 0.1) is 11.3 Å². The van der Waals surface area contributed by atoms with E-state index in [0.29, 0.717) is 24.5 Å². The molecule has 0 amide bonds. The van der Waals surface area contributed by atoms with Gasteiger partial charge in [0.2, 0.25) is 0 Å². The molecule has 0 bridgehead atoms. The lowest BCUT2D eigenvalue weighted by Crippen LogP contribution is -1.98. The SMILES string of the molecule is COc1cccc(Br)c1OCCC#N. The maximum atomic E-state index is 8.37. The van der Waals surface area contributed by atoms with Crippen LogP contribution in [0.4, 0.5) is 0 Å². The van der Waals surface area contributed by atoms with Gasteiger partial charge in [0.1, 0.15) is 6.61 Å². The average molecular weight is 256 g/mol. The van der Waals surface area contributed by atoms with Crippen LogP contribution >= 0.6 is 15.9 Å². The Kier molecular flexibility index (Phi) is 4.27. The summed E-state index contributed by atoms with van der Waals surface area (Å²) in [5.74, 6) is 1.31. The summed E-state index contributed by atoms with van der Waals surface area (Å²) in [7, 11) is 1.58. The fourth-order valence-electron chi connectivity index (χ4n) is 0.989. The number of benzene rings is 1. The molecule has 0 saturated carbocycles. The molecular weight excluding hydrogens is 246 g/mol. The van der Waals surface area contributed by atoms with Gasteiger partial charge in [0.25, 0.3) is 0 Å². The normalized spacial score (nSPS) is 9.21. The summed E-state index contributed by atoms with van der Waals surface area (Å²) in [4.78, 5) is 0. The second-order valence-corrected chi connectivity index (χ2v) is 3.38. The molecule has 3 nitrogen and oxygen atoms in total. The lowest BCUT2D eigenvalue weighted by molar-refractivity contribution is 0.299. The first-order valence-corrected chi connectivity index (χ1v) is 4.91. The number of ether oxygens (including phenoxy) is 2.